The molecule has 0 atom stereocenters. The summed E-state index contributed by atoms with van der Waals surface area (Å²) in [4.78, 5) is 11.2. The van der Waals surface area contributed by atoms with Crippen LogP contribution in [-0.4, -0.2) is 12.5 Å². The Hall–Kier alpha value is -1.77. The molecule has 20 heavy (non-hydrogen) atoms. The molecular formula is C17H25NO2. The second-order valence-corrected chi connectivity index (χ2v) is 4.82. The number of benzene rings is 1. The number of carbonyl (C=O) groups is 1. The van der Waals surface area contributed by atoms with Crippen LogP contribution in [0, 0.1) is 0 Å². The van der Waals surface area contributed by atoms with Gasteiger partial charge in [0.2, 0.25) is 0 Å². The molecule has 0 spiro atoms. The molecule has 0 heterocycles. The molecule has 2 N–H and O–H groups in total. The highest BCUT2D eigenvalue weighted by Gasteiger charge is 2.07. The minimum Gasteiger partial charge on any atom is -0.493 e. The SMILES string of the molecule is CCCCC=CCCCCOc1ccccc1C(N)=O. The normalized spacial score (nSPS) is 10.8. The molecule has 3 heteroatoms. The lowest BCUT2D eigenvalue weighted by Crippen LogP contribution is -2.13. The summed E-state index contributed by atoms with van der Waals surface area (Å²) in [6, 6.07) is 7.10. The minimum absolute atomic E-state index is 0.445. The van der Waals surface area contributed by atoms with E-state index in [1.54, 1.807) is 18.2 Å². The van der Waals surface area contributed by atoms with Crippen molar-refractivity contribution in [2.75, 3.05) is 6.61 Å². The van der Waals surface area contributed by atoms with E-state index in [1.807, 2.05) is 6.07 Å². The molecule has 110 valence electrons. The van der Waals surface area contributed by atoms with E-state index in [0.29, 0.717) is 17.9 Å². The number of rotatable bonds is 10. The van der Waals surface area contributed by atoms with Gasteiger partial charge in [-0.25, -0.2) is 0 Å². The first-order valence-corrected chi connectivity index (χ1v) is 7.42. The summed E-state index contributed by atoms with van der Waals surface area (Å²) in [7, 11) is 0. The van der Waals surface area contributed by atoms with Crippen molar-refractivity contribution in [1.29, 1.82) is 0 Å². The van der Waals surface area contributed by atoms with Crippen LogP contribution in [0.5, 0.6) is 5.75 Å². The minimum atomic E-state index is -0.445. The highest BCUT2D eigenvalue weighted by Crippen LogP contribution is 2.17. The molecule has 0 saturated carbocycles. The average molecular weight is 275 g/mol. The monoisotopic (exact) mass is 275 g/mol. The van der Waals surface area contributed by atoms with Crippen LogP contribution >= 0.6 is 0 Å². The number of amides is 1. The topological polar surface area (TPSA) is 52.3 Å². The number of primary amides is 1. The maximum atomic E-state index is 11.2. The molecule has 0 fully saturated rings. The number of para-hydroxylation sites is 1. The first kappa shape index (κ1) is 16.3. The number of unbranched alkanes of at least 4 members (excludes halogenated alkanes) is 4. The third-order valence-corrected chi connectivity index (χ3v) is 3.07. The zero-order valence-electron chi connectivity index (χ0n) is 12.3. The third-order valence-electron chi connectivity index (χ3n) is 3.07. The zero-order chi connectivity index (χ0) is 14.6. The first-order chi connectivity index (χ1) is 9.75. The highest BCUT2D eigenvalue weighted by molar-refractivity contribution is 5.95. The molecule has 0 aliphatic carbocycles. The van der Waals surface area contributed by atoms with Crippen LogP contribution < -0.4 is 10.5 Å². The van der Waals surface area contributed by atoms with Crippen molar-refractivity contribution in [3.63, 3.8) is 0 Å². The summed E-state index contributed by atoms with van der Waals surface area (Å²) in [5, 5.41) is 0. The second-order valence-electron chi connectivity index (χ2n) is 4.82. The molecule has 0 radical (unpaired) electrons. The van der Waals surface area contributed by atoms with Crippen LogP contribution in [0.3, 0.4) is 0 Å². The summed E-state index contributed by atoms with van der Waals surface area (Å²) in [6.07, 6.45) is 11.4. The van der Waals surface area contributed by atoms with Crippen LogP contribution in [0.2, 0.25) is 0 Å². The van der Waals surface area contributed by atoms with Gasteiger partial charge < -0.3 is 10.5 Å². The molecule has 1 aromatic carbocycles. The van der Waals surface area contributed by atoms with Crippen molar-refractivity contribution in [3.8, 4) is 5.75 Å². The Morgan fingerprint density at radius 1 is 1.15 bits per heavy atom. The maximum Gasteiger partial charge on any atom is 0.252 e. The average Bonchev–Trinajstić information content (AvgIpc) is 2.46. The van der Waals surface area contributed by atoms with E-state index in [-0.39, 0.29) is 0 Å². The molecule has 0 saturated heterocycles. The van der Waals surface area contributed by atoms with Gasteiger partial charge in [-0.2, -0.15) is 0 Å². The van der Waals surface area contributed by atoms with Crippen LogP contribution in [0.25, 0.3) is 0 Å². The number of nitrogens with two attached hydrogens (primary N) is 1. The lowest BCUT2D eigenvalue weighted by Gasteiger charge is -2.08. The van der Waals surface area contributed by atoms with E-state index < -0.39 is 5.91 Å². The fourth-order valence-electron chi connectivity index (χ4n) is 1.90. The number of hydrogen-bond donors (Lipinski definition) is 1. The molecule has 0 aliphatic rings. The van der Waals surface area contributed by atoms with Gasteiger partial charge in [-0.1, -0.05) is 44.1 Å². The van der Waals surface area contributed by atoms with Gasteiger partial charge in [0.05, 0.1) is 12.2 Å². The van der Waals surface area contributed by atoms with Gasteiger partial charge in [-0.3, -0.25) is 4.79 Å². The molecule has 0 aliphatic heterocycles. The summed E-state index contributed by atoms with van der Waals surface area (Å²) < 4.78 is 5.62. The number of ether oxygens (including phenoxy) is 1. The van der Waals surface area contributed by atoms with Crippen molar-refractivity contribution in [3.05, 3.63) is 42.0 Å². The van der Waals surface area contributed by atoms with Gasteiger partial charge in [-0.05, 0) is 37.8 Å². The molecule has 0 aromatic heterocycles. The van der Waals surface area contributed by atoms with Gasteiger partial charge >= 0.3 is 0 Å². The van der Waals surface area contributed by atoms with Crippen molar-refractivity contribution in [1.82, 2.24) is 0 Å². The third kappa shape index (κ3) is 6.41. The van der Waals surface area contributed by atoms with Crippen LogP contribution in [0.4, 0.5) is 0 Å². The van der Waals surface area contributed by atoms with Crippen molar-refractivity contribution >= 4 is 5.91 Å². The quantitative estimate of drug-likeness (QED) is 0.516. The maximum absolute atomic E-state index is 11.2. The number of allylic oxidation sites excluding steroid dienone is 2. The molecule has 0 unspecified atom stereocenters. The van der Waals surface area contributed by atoms with Gasteiger partial charge in [-0.15, -0.1) is 0 Å². The Labute approximate surface area is 121 Å². The Kier molecular flexibility index (Phi) is 8.20. The Balaban J connectivity index is 2.18. The Morgan fingerprint density at radius 3 is 2.55 bits per heavy atom. The largest absolute Gasteiger partial charge is 0.493 e. The summed E-state index contributed by atoms with van der Waals surface area (Å²) in [5.41, 5.74) is 5.75. The number of hydrogen-bond acceptors (Lipinski definition) is 2. The molecule has 1 rings (SSSR count). The van der Waals surface area contributed by atoms with Crippen molar-refractivity contribution in [2.24, 2.45) is 5.73 Å². The van der Waals surface area contributed by atoms with Gasteiger partial charge in [0.1, 0.15) is 5.75 Å². The lowest BCUT2D eigenvalue weighted by molar-refractivity contribution is 0.0996. The Morgan fingerprint density at radius 2 is 1.85 bits per heavy atom. The van der Waals surface area contributed by atoms with E-state index in [1.165, 1.54) is 19.3 Å². The zero-order valence-corrected chi connectivity index (χ0v) is 12.3. The fraction of sp³-hybridized carbons (Fsp3) is 0.471. The van der Waals surface area contributed by atoms with Gasteiger partial charge in [0.15, 0.2) is 0 Å². The Bertz CT molecular complexity index is 427. The van der Waals surface area contributed by atoms with Crippen LogP contribution in [0.15, 0.2) is 36.4 Å². The second kappa shape index (κ2) is 10.1. The summed E-state index contributed by atoms with van der Waals surface area (Å²) >= 11 is 0. The predicted molar refractivity (Wildman–Crippen MR) is 83.0 cm³/mol. The number of carbonyl (C=O) groups excluding carboxylic acids is 1. The van der Waals surface area contributed by atoms with E-state index >= 15 is 0 Å². The van der Waals surface area contributed by atoms with Crippen LogP contribution in [-0.2, 0) is 0 Å². The lowest BCUT2D eigenvalue weighted by atomic mass is 10.2. The van der Waals surface area contributed by atoms with E-state index in [4.69, 9.17) is 10.5 Å². The first-order valence-electron chi connectivity index (χ1n) is 7.42. The summed E-state index contributed by atoms with van der Waals surface area (Å²) in [6.45, 7) is 2.82. The molecule has 1 aromatic rings. The predicted octanol–water partition coefficient (Wildman–Crippen LogP) is 4.08. The van der Waals surface area contributed by atoms with Crippen molar-refractivity contribution in [2.45, 2.75) is 45.4 Å². The van der Waals surface area contributed by atoms with E-state index in [2.05, 4.69) is 19.1 Å². The van der Waals surface area contributed by atoms with E-state index in [0.717, 1.165) is 19.3 Å². The highest BCUT2D eigenvalue weighted by atomic mass is 16.5. The van der Waals surface area contributed by atoms with E-state index in [9.17, 15) is 4.79 Å². The van der Waals surface area contributed by atoms with Gasteiger partial charge in [0.25, 0.3) is 5.91 Å². The van der Waals surface area contributed by atoms with Crippen LogP contribution in [0.1, 0.15) is 55.8 Å². The standard InChI is InChI=1S/C17H25NO2/c1-2-3-4-5-6-7-8-11-14-20-16-13-10-9-12-15(16)17(18)19/h5-6,9-10,12-13H,2-4,7-8,11,14H2,1H3,(H2,18,19). The van der Waals surface area contributed by atoms with Crippen molar-refractivity contribution < 1.29 is 9.53 Å². The molecular weight excluding hydrogens is 250 g/mol. The summed E-state index contributed by atoms with van der Waals surface area (Å²) in [5.74, 6) is 0.137. The fourth-order valence-corrected chi connectivity index (χ4v) is 1.90. The molecule has 3 nitrogen and oxygen atoms in total. The molecule has 0 bridgehead atoms. The van der Waals surface area contributed by atoms with Gasteiger partial charge in [0, 0.05) is 0 Å². The smallest absolute Gasteiger partial charge is 0.252 e. The molecule has 1 amide bonds.